The summed E-state index contributed by atoms with van der Waals surface area (Å²) in [6.45, 7) is 0. The average Bonchev–Trinajstić information content (AvgIpc) is 1.76. The van der Waals surface area contributed by atoms with Crippen LogP contribution in [0.4, 0.5) is 0 Å². The zero-order chi connectivity index (χ0) is 14.3. The number of rotatable bonds is 0. The Hall–Kier alpha value is -2.36. The van der Waals surface area contributed by atoms with Gasteiger partial charge in [-0.3, -0.25) is 0 Å². The minimum atomic E-state index is -1.75. The van der Waals surface area contributed by atoms with Crippen molar-refractivity contribution in [2.45, 2.75) is 0 Å². The third-order valence-corrected chi connectivity index (χ3v) is 0. The van der Waals surface area contributed by atoms with Crippen molar-refractivity contribution in [3.05, 3.63) is 61.3 Å². The van der Waals surface area contributed by atoms with Gasteiger partial charge in [-0.05, 0) is 0 Å². The molecular formula is H24N4O24Th. The molecule has 29 heteroatoms. The van der Waals surface area contributed by atoms with Crippen molar-refractivity contribution >= 4 is 0 Å². The van der Waals surface area contributed by atoms with Gasteiger partial charge >= 0.3 is 39.9 Å². The standard InChI is InChI=1S/4NO3.12H2O.Th/c4*2-1(3)4;;;;;;;;;;;;;/h;;;;12*1H2;/q4*-1;;;;;;;;;;;;;+4. The van der Waals surface area contributed by atoms with E-state index in [1.54, 1.807) is 0 Å². The summed E-state index contributed by atoms with van der Waals surface area (Å²) in [6.07, 6.45) is 0. The van der Waals surface area contributed by atoms with Crippen LogP contribution in [0.1, 0.15) is 0 Å². The van der Waals surface area contributed by atoms with Crippen LogP contribution in [-0.2, 0) is 0 Å². The summed E-state index contributed by atoms with van der Waals surface area (Å²) in [5, 5.41) is 59.0. The average molecular weight is 696 g/mol. The van der Waals surface area contributed by atoms with Gasteiger partial charge in [0.15, 0.2) is 0 Å². The summed E-state index contributed by atoms with van der Waals surface area (Å²) >= 11 is 0. The van der Waals surface area contributed by atoms with Crippen molar-refractivity contribution in [3.8, 4) is 0 Å². The van der Waals surface area contributed by atoms with Crippen molar-refractivity contribution in [2.24, 2.45) is 0 Å². The van der Waals surface area contributed by atoms with Crippen molar-refractivity contribution in [3.63, 3.8) is 0 Å². The molecule has 0 aromatic rings. The van der Waals surface area contributed by atoms with Crippen LogP contribution in [0.15, 0.2) is 0 Å². The second kappa shape index (κ2) is 167. The molecule has 0 radical (unpaired) electrons. The molecule has 0 fully saturated rings. The summed E-state index contributed by atoms with van der Waals surface area (Å²) in [4.78, 5) is 33.0. The Balaban J connectivity index is -0.00000000384. The Labute approximate surface area is 187 Å². The van der Waals surface area contributed by atoms with E-state index in [4.69, 9.17) is 61.3 Å². The Kier molecular flexibility index (Phi) is 1090. The van der Waals surface area contributed by atoms with Gasteiger partial charge in [-0.15, -0.1) is 0 Å². The molecule has 24 N–H and O–H groups in total. The SMILES string of the molecule is O.O.O.O.O.O.O.O.O.O.O.O.O=[N+]([O-])[O-].O=[N+]([O-])[O-].O=[N+]([O-])[O-].O=[N+]([O-])[O-].[Th+4]. The molecule has 0 aliphatic carbocycles. The first-order valence-corrected chi connectivity index (χ1v) is 2.19. The Bertz CT molecular complexity index is 163. The molecule has 28 nitrogen and oxygen atoms in total. The molecule has 192 valence electrons. The largest absolute Gasteiger partial charge is 4.00 e. The molecule has 0 aliphatic heterocycles. The van der Waals surface area contributed by atoms with Crippen molar-refractivity contribution in [1.29, 1.82) is 0 Å². The van der Waals surface area contributed by atoms with E-state index in [1.807, 2.05) is 0 Å². The first kappa shape index (κ1) is 188. The third-order valence-electron chi connectivity index (χ3n) is 0. The van der Waals surface area contributed by atoms with Gasteiger partial charge in [0.2, 0.25) is 0 Å². The molecule has 29 heavy (non-hydrogen) atoms. The number of nitrogens with zero attached hydrogens (tertiary/aromatic N) is 4. The smallest absolute Gasteiger partial charge is 0.412 e. The molecule has 0 aromatic heterocycles. The summed E-state index contributed by atoms with van der Waals surface area (Å²) in [5.74, 6) is 0. The molecule has 0 unspecified atom stereocenters. The fraction of sp³-hybridized carbons (Fsp3) is 0. The Morgan fingerprint density at radius 3 is 0.276 bits per heavy atom. The maximum Gasteiger partial charge on any atom is 4.00 e. The predicted molar refractivity (Wildman–Crippen MR) is 84.8 cm³/mol. The van der Waals surface area contributed by atoms with E-state index in [2.05, 4.69) is 0 Å². The minimum absolute atomic E-state index is 0. The zero-order valence-electron chi connectivity index (χ0n) is 13.2. The first-order valence-electron chi connectivity index (χ1n) is 2.19. The van der Waals surface area contributed by atoms with E-state index in [1.165, 1.54) is 0 Å². The second-order valence-electron chi connectivity index (χ2n) is 0.894. The van der Waals surface area contributed by atoms with Crippen LogP contribution >= 0.6 is 0 Å². The van der Waals surface area contributed by atoms with Crippen LogP contribution in [0, 0.1) is 101 Å². The maximum absolute atomic E-state index is 8.25. The van der Waals surface area contributed by atoms with Crippen LogP contribution in [-0.4, -0.2) is 86.1 Å². The summed E-state index contributed by atoms with van der Waals surface area (Å²) in [7, 11) is 0. The molecule has 0 rings (SSSR count). The number of hydrogen-bond donors (Lipinski definition) is 0. The third kappa shape index (κ3) is 2580. The molecule has 0 aromatic carbocycles. The molecule has 0 atom stereocenters. The first-order chi connectivity index (χ1) is 6.93. The molecule has 0 saturated carbocycles. The predicted octanol–water partition coefficient (Wildman–Crippen LogP) is -10.9. The van der Waals surface area contributed by atoms with Gasteiger partial charge in [0.1, 0.15) is 0 Å². The van der Waals surface area contributed by atoms with E-state index < -0.39 is 20.3 Å². The molecule has 0 heterocycles. The maximum atomic E-state index is 8.25. The molecule has 0 saturated heterocycles. The van der Waals surface area contributed by atoms with Gasteiger partial charge in [0.05, 0.1) is 20.3 Å². The Morgan fingerprint density at radius 1 is 0.276 bits per heavy atom. The second-order valence-corrected chi connectivity index (χ2v) is 0.894. The van der Waals surface area contributed by atoms with E-state index in [-0.39, 0.29) is 106 Å². The van der Waals surface area contributed by atoms with E-state index >= 15 is 0 Å². The van der Waals surface area contributed by atoms with Crippen molar-refractivity contribution < 1.29 is 126 Å². The van der Waals surface area contributed by atoms with Crippen molar-refractivity contribution in [1.82, 2.24) is 0 Å². The zero-order valence-corrected chi connectivity index (χ0v) is 17.3. The fourth-order valence-corrected chi connectivity index (χ4v) is 0. The summed E-state index contributed by atoms with van der Waals surface area (Å²) in [5.41, 5.74) is 0. The molecule has 0 aliphatic rings. The molecule has 0 bridgehead atoms. The molecule has 0 spiro atoms. The van der Waals surface area contributed by atoms with Gasteiger partial charge in [-0.25, -0.2) is 0 Å². The van der Waals surface area contributed by atoms with E-state index in [9.17, 15) is 0 Å². The molecular weight excluding hydrogens is 672 g/mol. The van der Waals surface area contributed by atoms with Crippen LogP contribution in [0.3, 0.4) is 0 Å². The van der Waals surface area contributed by atoms with Crippen LogP contribution < -0.4 is 0 Å². The molecule has 0 amide bonds. The van der Waals surface area contributed by atoms with Gasteiger partial charge in [-0.1, -0.05) is 0 Å². The number of hydrogen-bond acceptors (Lipinski definition) is 12. The van der Waals surface area contributed by atoms with Crippen LogP contribution in [0.5, 0.6) is 0 Å². The van der Waals surface area contributed by atoms with Gasteiger partial charge in [-0.2, -0.15) is 0 Å². The van der Waals surface area contributed by atoms with Crippen molar-refractivity contribution in [2.75, 3.05) is 0 Å². The van der Waals surface area contributed by atoms with Gasteiger partial charge in [0, 0.05) is 0 Å². The van der Waals surface area contributed by atoms with Gasteiger partial charge in [0.25, 0.3) is 0 Å². The monoisotopic (exact) mass is 696 g/mol. The summed E-state index contributed by atoms with van der Waals surface area (Å²) < 4.78 is 0. The normalized spacial score (nSPS) is 3.31. The van der Waals surface area contributed by atoms with Crippen LogP contribution in [0.2, 0.25) is 0 Å². The van der Waals surface area contributed by atoms with Gasteiger partial charge < -0.3 is 127 Å². The minimum Gasteiger partial charge on any atom is -0.412 e. The topological polar surface area (TPSA) is 643 Å². The quantitative estimate of drug-likeness (QED) is 0.168. The fourth-order valence-electron chi connectivity index (χ4n) is 0. The summed E-state index contributed by atoms with van der Waals surface area (Å²) in [6, 6.07) is 0. The van der Waals surface area contributed by atoms with Crippen LogP contribution in [0.25, 0.3) is 0 Å². The Morgan fingerprint density at radius 2 is 0.276 bits per heavy atom. The van der Waals surface area contributed by atoms with E-state index in [0.29, 0.717) is 0 Å². The van der Waals surface area contributed by atoms with E-state index in [0.717, 1.165) is 0 Å².